The van der Waals surface area contributed by atoms with Crippen LogP contribution in [0.1, 0.15) is 24.0 Å². The Bertz CT molecular complexity index is 1270. The predicted octanol–water partition coefficient (Wildman–Crippen LogP) is -1.90. The number of amides is 4. The van der Waals surface area contributed by atoms with E-state index >= 15 is 0 Å². The molecule has 2 aromatic carbocycles. The number of benzene rings is 2. The van der Waals surface area contributed by atoms with Crippen molar-refractivity contribution in [3.63, 3.8) is 0 Å². The lowest BCUT2D eigenvalue weighted by Gasteiger charge is -2.25. The molecule has 0 saturated heterocycles. The number of carbonyl (C=O) groups is 6. The molecule has 0 spiro atoms. The Kier molecular flexibility index (Phi) is 11.6. The Morgan fingerprint density at radius 3 is 1.49 bits per heavy atom. The number of aliphatic carboxylic acids is 2. The standard InChI is InChI=1S/C26H31N5O10/c27-17(11-22(35)36)23(37)29-18(9-13-1-5-15(32)6-2-13)24(38)30-19(12-21(28)34)25(39)31-20(26(40)41)10-14-3-7-16(33)8-4-14/h1-8,17-20,32-33H,9-12,27H2,(H2,28,34)(H,29,37)(H,30,38)(H,31,39)(H,35,36)(H,40,41). The van der Waals surface area contributed by atoms with Gasteiger partial charge in [-0.2, -0.15) is 0 Å². The van der Waals surface area contributed by atoms with Crippen LogP contribution in [-0.2, 0) is 41.6 Å². The lowest BCUT2D eigenvalue weighted by Crippen LogP contribution is -2.58. The summed E-state index contributed by atoms with van der Waals surface area (Å²) in [6, 6.07) is 5.05. The molecule has 11 N–H and O–H groups in total. The molecule has 0 saturated carbocycles. The predicted molar refractivity (Wildman–Crippen MR) is 141 cm³/mol. The van der Waals surface area contributed by atoms with Crippen LogP contribution in [0.3, 0.4) is 0 Å². The van der Waals surface area contributed by atoms with E-state index in [1.54, 1.807) is 0 Å². The molecular weight excluding hydrogens is 542 g/mol. The summed E-state index contributed by atoms with van der Waals surface area (Å²) in [4.78, 5) is 73.2. The molecule has 0 aliphatic rings. The molecule has 0 heterocycles. The normalized spacial score (nSPS) is 13.6. The molecule has 0 aromatic heterocycles. The average molecular weight is 574 g/mol. The number of nitrogens with one attached hydrogen (secondary N) is 3. The molecule has 220 valence electrons. The van der Waals surface area contributed by atoms with Gasteiger partial charge in [-0.05, 0) is 35.4 Å². The molecule has 0 aliphatic carbocycles. The highest BCUT2D eigenvalue weighted by molar-refractivity contribution is 5.96. The lowest BCUT2D eigenvalue weighted by atomic mass is 10.0. The molecule has 4 amide bonds. The summed E-state index contributed by atoms with van der Waals surface area (Å²) < 4.78 is 0. The number of carboxylic acid groups (broad SMARTS) is 2. The van der Waals surface area contributed by atoms with E-state index in [4.69, 9.17) is 16.6 Å². The van der Waals surface area contributed by atoms with Crippen LogP contribution in [-0.4, -0.2) is 80.2 Å². The fraction of sp³-hybridized carbons (Fsp3) is 0.308. The van der Waals surface area contributed by atoms with E-state index in [-0.39, 0.29) is 24.3 Å². The van der Waals surface area contributed by atoms with Crippen LogP contribution in [0.2, 0.25) is 0 Å². The molecule has 15 nitrogen and oxygen atoms in total. The molecule has 4 unspecified atom stereocenters. The van der Waals surface area contributed by atoms with Gasteiger partial charge in [-0.25, -0.2) is 4.79 Å². The second-order valence-electron chi connectivity index (χ2n) is 9.14. The summed E-state index contributed by atoms with van der Waals surface area (Å²) in [5.74, 6) is -6.92. The van der Waals surface area contributed by atoms with Crippen molar-refractivity contribution in [1.82, 2.24) is 16.0 Å². The minimum atomic E-state index is -1.64. The Hall–Kier alpha value is -5.18. The van der Waals surface area contributed by atoms with Gasteiger partial charge in [-0.1, -0.05) is 24.3 Å². The van der Waals surface area contributed by atoms with E-state index < -0.39 is 72.6 Å². The maximum Gasteiger partial charge on any atom is 0.326 e. The minimum Gasteiger partial charge on any atom is -0.508 e. The van der Waals surface area contributed by atoms with Gasteiger partial charge < -0.3 is 47.8 Å². The highest BCUT2D eigenvalue weighted by Crippen LogP contribution is 2.13. The number of carboxylic acids is 2. The number of aromatic hydroxyl groups is 2. The van der Waals surface area contributed by atoms with Crippen molar-refractivity contribution < 1.29 is 49.2 Å². The number of nitrogens with two attached hydrogens (primary N) is 2. The van der Waals surface area contributed by atoms with Crippen molar-refractivity contribution in [3.05, 3.63) is 59.7 Å². The van der Waals surface area contributed by atoms with Gasteiger partial charge in [-0.3, -0.25) is 24.0 Å². The third kappa shape index (κ3) is 10.8. The molecule has 41 heavy (non-hydrogen) atoms. The van der Waals surface area contributed by atoms with Crippen molar-refractivity contribution >= 4 is 35.6 Å². The first-order valence-electron chi connectivity index (χ1n) is 12.2. The third-order valence-corrected chi connectivity index (χ3v) is 5.77. The van der Waals surface area contributed by atoms with Crippen LogP contribution >= 0.6 is 0 Å². The monoisotopic (exact) mass is 573 g/mol. The number of carbonyl (C=O) groups excluding carboxylic acids is 4. The van der Waals surface area contributed by atoms with Gasteiger partial charge in [0.2, 0.25) is 23.6 Å². The van der Waals surface area contributed by atoms with Crippen LogP contribution in [0.25, 0.3) is 0 Å². The van der Waals surface area contributed by atoms with Crippen LogP contribution in [0, 0.1) is 0 Å². The molecule has 0 radical (unpaired) electrons. The van der Waals surface area contributed by atoms with Crippen LogP contribution in [0.4, 0.5) is 0 Å². The van der Waals surface area contributed by atoms with E-state index in [1.807, 2.05) is 0 Å². The van der Waals surface area contributed by atoms with Gasteiger partial charge in [0.25, 0.3) is 0 Å². The topological polar surface area (TPSA) is 271 Å². The number of primary amides is 1. The molecule has 15 heteroatoms. The largest absolute Gasteiger partial charge is 0.508 e. The lowest BCUT2D eigenvalue weighted by molar-refractivity contribution is -0.142. The Labute approximate surface area is 233 Å². The smallest absolute Gasteiger partial charge is 0.326 e. The first kappa shape index (κ1) is 32.0. The third-order valence-electron chi connectivity index (χ3n) is 5.77. The maximum atomic E-state index is 13.2. The molecule has 4 atom stereocenters. The van der Waals surface area contributed by atoms with Gasteiger partial charge in [0.1, 0.15) is 29.6 Å². The fourth-order valence-corrected chi connectivity index (χ4v) is 3.66. The minimum absolute atomic E-state index is 0.0493. The number of phenols is 2. The van der Waals surface area contributed by atoms with Crippen molar-refractivity contribution in [3.8, 4) is 11.5 Å². The van der Waals surface area contributed by atoms with Crippen LogP contribution in [0.5, 0.6) is 11.5 Å². The highest BCUT2D eigenvalue weighted by atomic mass is 16.4. The SMILES string of the molecule is NC(=O)CC(NC(=O)C(Cc1ccc(O)cc1)NC(=O)C(N)CC(=O)O)C(=O)NC(Cc1ccc(O)cc1)C(=O)O. The quantitative estimate of drug-likeness (QED) is 0.113. The second kappa shape index (κ2) is 14.8. The van der Waals surface area contributed by atoms with Gasteiger partial charge >= 0.3 is 11.9 Å². The summed E-state index contributed by atoms with van der Waals surface area (Å²) in [6.07, 6.45) is -1.84. The van der Waals surface area contributed by atoms with Gasteiger partial charge in [0.15, 0.2) is 0 Å². The van der Waals surface area contributed by atoms with Crippen molar-refractivity contribution in [1.29, 1.82) is 0 Å². The summed E-state index contributed by atoms with van der Waals surface area (Å²) in [5.41, 5.74) is 11.7. The van der Waals surface area contributed by atoms with E-state index in [2.05, 4.69) is 16.0 Å². The average Bonchev–Trinajstić information content (AvgIpc) is 2.89. The number of rotatable bonds is 15. The van der Waals surface area contributed by atoms with Crippen molar-refractivity contribution in [2.24, 2.45) is 11.5 Å². The van der Waals surface area contributed by atoms with Crippen LogP contribution in [0.15, 0.2) is 48.5 Å². The summed E-state index contributed by atoms with van der Waals surface area (Å²) >= 11 is 0. The van der Waals surface area contributed by atoms with Gasteiger partial charge in [-0.15, -0.1) is 0 Å². The molecule has 0 aliphatic heterocycles. The summed E-state index contributed by atoms with van der Waals surface area (Å²) in [7, 11) is 0. The van der Waals surface area contributed by atoms with E-state index in [1.165, 1.54) is 48.5 Å². The highest BCUT2D eigenvalue weighted by Gasteiger charge is 2.32. The second-order valence-corrected chi connectivity index (χ2v) is 9.14. The molecule has 2 rings (SSSR count). The van der Waals surface area contributed by atoms with Crippen molar-refractivity contribution in [2.45, 2.75) is 49.9 Å². The van der Waals surface area contributed by atoms with Gasteiger partial charge in [0.05, 0.1) is 18.9 Å². The zero-order valence-electron chi connectivity index (χ0n) is 21.6. The van der Waals surface area contributed by atoms with Crippen LogP contribution < -0.4 is 27.4 Å². The maximum absolute atomic E-state index is 13.2. The Morgan fingerprint density at radius 1 is 0.634 bits per heavy atom. The zero-order chi connectivity index (χ0) is 30.7. The molecule has 0 bridgehead atoms. The number of hydrogen-bond acceptors (Lipinski definition) is 9. The summed E-state index contributed by atoms with van der Waals surface area (Å²) in [5, 5.41) is 44.3. The zero-order valence-corrected chi connectivity index (χ0v) is 21.6. The summed E-state index contributed by atoms with van der Waals surface area (Å²) in [6.45, 7) is 0. The first-order valence-corrected chi connectivity index (χ1v) is 12.2. The van der Waals surface area contributed by atoms with E-state index in [0.29, 0.717) is 11.1 Å². The first-order chi connectivity index (χ1) is 19.2. The molecule has 0 fully saturated rings. The van der Waals surface area contributed by atoms with Gasteiger partial charge in [0, 0.05) is 12.8 Å². The fourth-order valence-electron chi connectivity index (χ4n) is 3.66. The van der Waals surface area contributed by atoms with E-state index in [9.17, 15) is 44.1 Å². The number of phenolic OH excluding ortho intramolecular Hbond substituents is 2. The molecular formula is C26H31N5O10. The molecule has 2 aromatic rings. The Morgan fingerprint density at radius 2 is 1.05 bits per heavy atom. The van der Waals surface area contributed by atoms with Crippen molar-refractivity contribution in [2.75, 3.05) is 0 Å². The number of hydrogen-bond donors (Lipinski definition) is 9. The Balaban J connectivity index is 2.25. The van der Waals surface area contributed by atoms with E-state index in [0.717, 1.165) is 0 Å².